The lowest BCUT2D eigenvalue weighted by molar-refractivity contribution is -0.154. The number of hydrogen-bond acceptors (Lipinski definition) is 10. The quantitative estimate of drug-likeness (QED) is 0.0642. The number of carboxylic acid groups (broad SMARTS) is 1. The first-order valence-corrected chi connectivity index (χ1v) is 19.1. The number of nitrogens with one attached hydrogen (secondary N) is 2. The van der Waals surface area contributed by atoms with Crippen molar-refractivity contribution >= 4 is 38.5 Å². The highest BCUT2D eigenvalue weighted by Gasteiger charge is 2.44. The molecule has 0 spiro atoms. The number of nitrogens with zero attached hydrogens (tertiary/aromatic N) is 2. The van der Waals surface area contributed by atoms with Crippen LogP contribution in [0, 0.1) is 18.7 Å². The van der Waals surface area contributed by atoms with Gasteiger partial charge in [0, 0.05) is 32.4 Å². The average Bonchev–Trinajstić information content (AvgIpc) is 3.86. The molecule has 0 radical (unpaired) electrons. The van der Waals surface area contributed by atoms with Crippen molar-refractivity contribution in [3.8, 4) is 17.2 Å². The Balaban J connectivity index is 1.31. The van der Waals surface area contributed by atoms with E-state index >= 15 is 0 Å². The van der Waals surface area contributed by atoms with Gasteiger partial charge < -0.3 is 49.9 Å². The summed E-state index contributed by atoms with van der Waals surface area (Å²) in [5, 5.41) is 35.9. The number of halogens is 1. The lowest BCUT2D eigenvalue weighted by Crippen LogP contribution is -2.59. The zero-order valence-electron chi connectivity index (χ0n) is 30.0. The molecular weight excluding hydrogens is 741 g/mol. The number of rotatable bonds is 11. The van der Waals surface area contributed by atoms with E-state index in [0.29, 0.717) is 34.4 Å². The summed E-state index contributed by atoms with van der Waals surface area (Å²) in [5.74, 6) is -6.16. The molecule has 6 rings (SSSR count). The smallest absolute Gasteiger partial charge is 0.534 e. The van der Waals surface area contributed by atoms with Crippen molar-refractivity contribution in [1.82, 2.24) is 20.4 Å². The fourth-order valence-electron chi connectivity index (χ4n) is 6.92. The summed E-state index contributed by atoms with van der Waals surface area (Å²) in [5.41, 5.74) is 2.50. The number of urea groups is 1. The number of carboxylic acids is 1. The van der Waals surface area contributed by atoms with Crippen molar-refractivity contribution < 1.29 is 62.5 Å². The van der Waals surface area contributed by atoms with Crippen LogP contribution in [-0.2, 0) is 37.9 Å². The van der Waals surface area contributed by atoms with E-state index in [-0.39, 0.29) is 54.8 Å². The van der Waals surface area contributed by atoms with E-state index in [4.69, 9.17) is 9.31 Å². The molecule has 4 amide bonds. The fourth-order valence-corrected chi connectivity index (χ4v) is 7.60. The third-order valence-electron chi connectivity index (χ3n) is 9.95. The molecule has 2 aliphatic heterocycles. The Morgan fingerprint density at radius 1 is 1.09 bits per heavy atom. The van der Waals surface area contributed by atoms with Crippen LogP contribution in [0.4, 0.5) is 9.18 Å². The maximum atomic E-state index is 14.6. The van der Waals surface area contributed by atoms with Crippen LogP contribution < -0.4 is 15.3 Å². The van der Waals surface area contributed by atoms with E-state index in [1.54, 1.807) is 19.1 Å². The molecule has 2 heterocycles. The molecule has 19 heteroatoms. The van der Waals surface area contributed by atoms with Gasteiger partial charge in [0.15, 0.2) is 11.5 Å². The minimum absolute atomic E-state index is 0.0280. The van der Waals surface area contributed by atoms with Crippen LogP contribution in [0.5, 0.6) is 17.2 Å². The van der Waals surface area contributed by atoms with Gasteiger partial charge in [-0.25, -0.2) is 14.0 Å². The Hall–Kier alpha value is -5.42. The summed E-state index contributed by atoms with van der Waals surface area (Å²) in [6.07, 6.45) is 0.104. The van der Waals surface area contributed by atoms with Crippen molar-refractivity contribution in [1.29, 1.82) is 0 Å². The molecule has 1 unspecified atom stereocenters. The summed E-state index contributed by atoms with van der Waals surface area (Å²) in [6, 6.07) is 9.45. The largest absolute Gasteiger partial charge is 0.549 e. The first-order chi connectivity index (χ1) is 26.0. The van der Waals surface area contributed by atoms with Crippen molar-refractivity contribution in [2.75, 3.05) is 20.2 Å². The second-order valence-electron chi connectivity index (χ2n) is 13.8. The van der Waals surface area contributed by atoms with Crippen LogP contribution in [0.3, 0.4) is 0 Å². The SMILES string of the molecule is COB1Oc2c(ccc(F)c2C(=O)O)C[C@@H]1N/C(=C1/CC1C)[C@H](NC(=O)N1CCN(Cc2ccc(O)c(O)c2C)C(=O)C1=O)c1cccc(CP(=O)(O)O)c1. The molecule has 3 aromatic carbocycles. The molecule has 55 heavy (non-hydrogen) atoms. The topological polar surface area (TPSA) is 235 Å². The number of phenolic OH excluding ortho intramolecular Hbond substituents is 2. The second-order valence-corrected chi connectivity index (χ2v) is 15.4. The van der Waals surface area contributed by atoms with Crippen molar-refractivity contribution in [3.63, 3.8) is 0 Å². The van der Waals surface area contributed by atoms with Gasteiger partial charge in [-0.1, -0.05) is 43.3 Å². The van der Waals surface area contributed by atoms with E-state index in [9.17, 15) is 53.2 Å². The van der Waals surface area contributed by atoms with Gasteiger partial charge in [0.05, 0.1) is 18.1 Å². The van der Waals surface area contributed by atoms with Gasteiger partial charge in [-0.3, -0.25) is 19.1 Å². The molecule has 290 valence electrons. The number of carbonyl (C=O) groups is 4. The normalized spacial score (nSPS) is 19.7. The molecular formula is C36H39BFN4O12P. The average molecular weight is 781 g/mol. The second kappa shape index (κ2) is 15.4. The van der Waals surface area contributed by atoms with E-state index in [0.717, 1.165) is 16.5 Å². The summed E-state index contributed by atoms with van der Waals surface area (Å²) in [6.45, 7) is 3.19. The van der Waals surface area contributed by atoms with Crippen LogP contribution in [0.15, 0.2) is 59.8 Å². The zero-order valence-corrected chi connectivity index (χ0v) is 30.9. The Morgan fingerprint density at radius 2 is 1.82 bits per heavy atom. The Morgan fingerprint density at radius 3 is 2.47 bits per heavy atom. The van der Waals surface area contributed by atoms with E-state index in [1.807, 2.05) is 6.92 Å². The van der Waals surface area contributed by atoms with E-state index in [2.05, 4.69) is 10.6 Å². The molecule has 7 N–H and O–H groups in total. The van der Waals surface area contributed by atoms with Crippen molar-refractivity contribution in [2.24, 2.45) is 5.92 Å². The molecule has 1 saturated heterocycles. The Kier molecular flexibility index (Phi) is 11.0. The van der Waals surface area contributed by atoms with Gasteiger partial charge in [0.25, 0.3) is 0 Å². The number of hydrogen-bond donors (Lipinski definition) is 7. The van der Waals surface area contributed by atoms with Gasteiger partial charge in [-0.05, 0) is 71.2 Å². The number of fused-ring (bicyclic) bond motifs is 1. The summed E-state index contributed by atoms with van der Waals surface area (Å²) in [7, 11) is -4.32. The highest BCUT2D eigenvalue weighted by atomic mass is 31.2. The van der Waals surface area contributed by atoms with Crippen LogP contribution in [0.1, 0.15) is 57.6 Å². The summed E-state index contributed by atoms with van der Waals surface area (Å²) in [4.78, 5) is 74.2. The number of aromatic carboxylic acids is 1. The Bertz CT molecular complexity index is 2160. The number of piperazine rings is 1. The highest BCUT2D eigenvalue weighted by molar-refractivity contribution is 7.50. The number of carbonyl (C=O) groups excluding carboxylic acids is 3. The molecule has 3 atom stereocenters. The van der Waals surface area contributed by atoms with Gasteiger partial charge in [0.1, 0.15) is 17.1 Å². The molecule has 3 aliphatic rings. The monoisotopic (exact) mass is 780 g/mol. The fraction of sp³-hybridized carbons (Fsp3) is 0.333. The number of aromatic hydroxyl groups is 2. The zero-order chi connectivity index (χ0) is 39.9. The lowest BCUT2D eigenvalue weighted by atomic mass is 9.71. The summed E-state index contributed by atoms with van der Waals surface area (Å²) >= 11 is 0. The Labute approximate surface area is 314 Å². The van der Waals surface area contributed by atoms with Crippen molar-refractivity contribution in [3.05, 3.63) is 99.0 Å². The third-order valence-corrected chi connectivity index (χ3v) is 10.7. The number of benzene rings is 3. The minimum atomic E-state index is -4.51. The molecule has 0 aromatic heterocycles. The van der Waals surface area contributed by atoms with E-state index < -0.39 is 68.1 Å². The van der Waals surface area contributed by atoms with Crippen molar-refractivity contribution in [2.45, 2.75) is 51.4 Å². The maximum absolute atomic E-state index is 14.6. The number of amides is 4. The first-order valence-electron chi connectivity index (χ1n) is 17.3. The van der Waals surface area contributed by atoms with Crippen LogP contribution in [0.2, 0.25) is 0 Å². The summed E-state index contributed by atoms with van der Waals surface area (Å²) < 4.78 is 38.0. The highest BCUT2D eigenvalue weighted by Crippen LogP contribution is 2.44. The minimum Gasteiger partial charge on any atom is -0.534 e. The maximum Gasteiger partial charge on any atom is 0.549 e. The van der Waals surface area contributed by atoms with Crippen LogP contribution in [-0.4, -0.2) is 92.0 Å². The molecule has 2 fully saturated rings. The molecule has 0 bridgehead atoms. The molecule has 3 aromatic rings. The van der Waals surface area contributed by atoms with Gasteiger partial charge in [-0.15, -0.1) is 0 Å². The third kappa shape index (κ3) is 8.32. The van der Waals surface area contributed by atoms with Gasteiger partial charge in [-0.2, -0.15) is 0 Å². The number of allylic oxidation sites excluding steroid dienone is 1. The molecule has 16 nitrogen and oxygen atoms in total. The molecule has 1 aliphatic carbocycles. The predicted octanol–water partition coefficient (Wildman–Crippen LogP) is 3.10. The predicted molar refractivity (Wildman–Crippen MR) is 193 cm³/mol. The van der Waals surface area contributed by atoms with Crippen LogP contribution >= 0.6 is 7.60 Å². The number of phenols is 2. The standard InChI is InChI=1S/C36H39BFN4O12P/c1-18-13-24(18)30(39-27-15-22-7-9-25(38)28(35(47)48)32(22)54-37(27)53-3)29(21-6-4-5-20(14-21)17-55(50,51)52)40-36(49)42-12-11-41(33(45)34(42)46)16-23-8-10-26(43)31(44)19(23)2/h4-10,14,18,27,29,39,43-44H,11-13,15-17H2,1-3H3,(H,40,49)(H,47,48)(H2,50,51,52)/b30-24-/t18?,27-,29+/m0/s1. The first kappa shape index (κ1) is 39.3. The van der Waals surface area contributed by atoms with Gasteiger partial charge in [0.2, 0.25) is 0 Å². The molecule has 1 saturated carbocycles. The van der Waals surface area contributed by atoms with E-state index in [1.165, 1.54) is 42.3 Å². The number of imide groups is 1. The van der Waals surface area contributed by atoms with Crippen LogP contribution in [0.25, 0.3) is 0 Å². The van der Waals surface area contributed by atoms with Gasteiger partial charge >= 0.3 is 38.5 Å². The lowest BCUT2D eigenvalue weighted by Gasteiger charge is -2.36.